The van der Waals surface area contributed by atoms with Crippen LogP contribution in [-0.2, 0) is 0 Å². The molecule has 4 N–H and O–H groups in total. The SMILES string of the molecule is C=CCO.Nc1c(C(=O)O)cccc1-c1ccccc1. The average Bonchev–Trinajstić information content (AvgIpc) is 2.48. The molecule has 2 rings (SSSR count). The Morgan fingerprint density at radius 3 is 2.25 bits per heavy atom. The molecule has 0 saturated carbocycles. The van der Waals surface area contributed by atoms with Crippen molar-refractivity contribution in [2.24, 2.45) is 0 Å². The second-order valence-corrected chi connectivity index (χ2v) is 3.91. The summed E-state index contributed by atoms with van der Waals surface area (Å²) < 4.78 is 0. The van der Waals surface area contributed by atoms with Gasteiger partial charge in [-0.15, -0.1) is 6.58 Å². The smallest absolute Gasteiger partial charge is 0.337 e. The van der Waals surface area contributed by atoms with E-state index >= 15 is 0 Å². The number of aromatic carboxylic acids is 1. The second-order valence-electron chi connectivity index (χ2n) is 3.91. The second kappa shape index (κ2) is 7.76. The third-order valence-electron chi connectivity index (χ3n) is 2.55. The van der Waals surface area contributed by atoms with Crippen LogP contribution in [0.1, 0.15) is 10.4 Å². The van der Waals surface area contributed by atoms with E-state index in [1.54, 1.807) is 6.07 Å². The van der Waals surface area contributed by atoms with E-state index in [2.05, 4.69) is 6.58 Å². The summed E-state index contributed by atoms with van der Waals surface area (Å²) in [7, 11) is 0. The van der Waals surface area contributed by atoms with Gasteiger partial charge >= 0.3 is 5.97 Å². The van der Waals surface area contributed by atoms with Crippen LogP contribution >= 0.6 is 0 Å². The Labute approximate surface area is 117 Å². The van der Waals surface area contributed by atoms with Crippen LogP contribution < -0.4 is 5.73 Å². The van der Waals surface area contributed by atoms with Crippen LogP contribution in [0.15, 0.2) is 61.2 Å². The summed E-state index contributed by atoms with van der Waals surface area (Å²) in [4.78, 5) is 10.9. The van der Waals surface area contributed by atoms with E-state index in [1.807, 2.05) is 36.4 Å². The topological polar surface area (TPSA) is 83.5 Å². The lowest BCUT2D eigenvalue weighted by atomic mass is 10.0. The maximum Gasteiger partial charge on any atom is 0.337 e. The van der Waals surface area contributed by atoms with Crippen molar-refractivity contribution >= 4 is 11.7 Å². The molecule has 20 heavy (non-hydrogen) atoms. The Bertz CT molecular complexity index is 580. The van der Waals surface area contributed by atoms with Crippen LogP contribution in [0, 0.1) is 0 Å². The first kappa shape index (κ1) is 15.5. The molecule has 2 aromatic carbocycles. The summed E-state index contributed by atoms with van der Waals surface area (Å²) in [6, 6.07) is 14.5. The number of carboxylic acids is 1. The van der Waals surface area contributed by atoms with Crippen molar-refractivity contribution in [3.8, 4) is 11.1 Å². The molecule has 0 atom stereocenters. The molecule has 0 unspecified atom stereocenters. The minimum Gasteiger partial charge on any atom is -0.478 e. The van der Waals surface area contributed by atoms with E-state index in [0.717, 1.165) is 11.1 Å². The van der Waals surface area contributed by atoms with E-state index in [0.29, 0.717) is 5.69 Å². The van der Waals surface area contributed by atoms with Gasteiger partial charge in [0.2, 0.25) is 0 Å². The van der Waals surface area contributed by atoms with Crippen molar-refractivity contribution in [3.05, 3.63) is 66.7 Å². The van der Waals surface area contributed by atoms with Gasteiger partial charge in [-0.2, -0.15) is 0 Å². The standard InChI is InChI=1S/C13H11NO2.C3H6O/c14-12-10(9-5-2-1-3-6-9)7-4-8-11(12)13(15)16;1-2-3-4/h1-8H,14H2,(H,15,16);2,4H,1,3H2. The minimum absolute atomic E-state index is 0.0833. The Kier molecular flexibility index (Phi) is 6.00. The average molecular weight is 271 g/mol. The van der Waals surface area contributed by atoms with Crippen LogP contribution in [0.4, 0.5) is 5.69 Å². The van der Waals surface area contributed by atoms with Crippen molar-refractivity contribution in [1.82, 2.24) is 0 Å². The molecule has 0 aromatic heterocycles. The van der Waals surface area contributed by atoms with Gasteiger partial charge in [-0.25, -0.2) is 4.79 Å². The molecule has 0 aliphatic rings. The van der Waals surface area contributed by atoms with Crippen LogP contribution in [0.25, 0.3) is 11.1 Å². The maximum absolute atomic E-state index is 10.9. The highest BCUT2D eigenvalue weighted by Crippen LogP contribution is 2.28. The number of hydrogen-bond acceptors (Lipinski definition) is 3. The molecule has 0 aliphatic heterocycles. The first-order chi connectivity index (χ1) is 9.61. The summed E-state index contributed by atoms with van der Waals surface area (Å²) in [5, 5.41) is 16.7. The third-order valence-corrected chi connectivity index (χ3v) is 2.55. The molecule has 104 valence electrons. The molecule has 0 heterocycles. The lowest BCUT2D eigenvalue weighted by molar-refractivity contribution is 0.0698. The number of hydrogen-bond donors (Lipinski definition) is 3. The Balaban J connectivity index is 0.000000444. The van der Waals surface area contributed by atoms with Gasteiger partial charge in [0.1, 0.15) is 0 Å². The Hall–Kier alpha value is -2.59. The highest BCUT2D eigenvalue weighted by molar-refractivity contribution is 5.98. The fourth-order valence-corrected chi connectivity index (χ4v) is 1.62. The predicted octanol–water partition coefficient (Wildman–Crippen LogP) is 2.80. The molecular weight excluding hydrogens is 254 g/mol. The molecule has 4 nitrogen and oxygen atoms in total. The third kappa shape index (κ3) is 3.96. The molecule has 0 aliphatic carbocycles. The fraction of sp³-hybridized carbons (Fsp3) is 0.0625. The highest BCUT2D eigenvalue weighted by Gasteiger charge is 2.11. The molecule has 0 fully saturated rings. The number of anilines is 1. The summed E-state index contributed by atoms with van der Waals surface area (Å²) in [6.07, 6.45) is 1.43. The molecule has 4 heteroatoms. The zero-order valence-corrected chi connectivity index (χ0v) is 11.0. The van der Waals surface area contributed by atoms with Gasteiger partial charge in [-0.1, -0.05) is 48.5 Å². The quantitative estimate of drug-likeness (QED) is 0.592. The number of carbonyl (C=O) groups is 1. The Morgan fingerprint density at radius 1 is 1.15 bits per heavy atom. The zero-order chi connectivity index (χ0) is 15.0. The van der Waals surface area contributed by atoms with Crippen LogP contribution in [0.5, 0.6) is 0 Å². The summed E-state index contributed by atoms with van der Waals surface area (Å²) in [5.41, 5.74) is 7.95. The van der Waals surface area contributed by atoms with Crippen molar-refractivity contribution in [2.75, 3.05) is 12.3 Å². The number of para-hydroxylation sites is 1. The van der Waals surface area contributed by atoms with E-state index in [1.165, 1.54) is 12.1 Å². The van der Waals surface area contributed by atoms with E-state index < -0.39 is 5.97 Å². The van der Waals surface area contributed by atoms with E-state index in [4.69, 9.17) is 15.9 Å². The molecule has 2 aromatic rings. The molecule has 0 bridgehead atoms. The van der Waals surface area contributed by atoms with Gasteiger partial charge < -0.3 is 15.9 Å². The predicted molar refractivity (Wildman–Crippen MR) is 80.5 cm³/mol. The van der Waals surface area contributed by atoms with Gasteiger partial charge in [0, 0.05) is 5.56 Å². The van der Waals surface area contributed by atoms with Crippen molar-refractivity contribution in [2.45, 2.75) is 0 Å². The zero-order valence-electron chi connectivity index (χ0n) is 11.0. The highest BCUT2D eigenvalue weighted by atomic mass is 16.4. The van der Waals surface area contributed by atoms with Gasteiger partial charge in [-0.3, -0.25) is 0 Å². The lowest BCUT2D eigenvalue weighted by Crippen LogP contribution is -2.03. The van der Waals surface area contributed by atoms with E-state index in [-0.39, 0.29) is 12.2 Å². The number of aliphatic hydroxyl groups excluding tert-OH is 1. The van der Waals surface area contributed by atoms with Gasteiger partial charge in [0.15, 0.2) is 0 Å². The number of aliphatic hydroxyl groups is 1. The summed E-state index contributed by atoms with van der Waals surface area (Å²) >= 11 is 0. The van der Waals surface area contributed by atoms with Gasteiger partial charge in [0.25, 0.3) is 0 Å². The lowest BCUT2D eigenvalue weighted by Gasteiger charge is -2.08. The van der Waals surface area contributed by atoms with Crippen LogP contribution in [0.3, 0.4) is 0 Å². The van der Waals surface area contributed by atoms with Gasteiger partial charge in [-0.05, 0) is 11.6 Å². The first-order valence-electron chi connectivity index (χ1n) is 6.00. The maximum atomic E-state index is 10.9. The summed E-state index contributed by atoms with van der Waals surface area (Å²) in [5.74, 6) is -1.00. The normalized spacial score (nSPS) is 9.25. The van der Waals surface area contributed by atoms with Crippen LogP contribution in [0.2, 0.25) is 0 Å². The molecular formula is C16H17NO3. The van der Waals surface area contributed by atoms with Crippen molar-refractivity contribution in [1.29, 1.82) is 0 Å². The number of nitrogens with two attached hydrogens (primary N) is 1. The Morgan fingerprint density at radius 2 is 1.75 bits per heavy atom. The molecule has 0 saturated heterocycles. The van der Waals surface area contributed by atoms with Gasteiger partial charge in [0.05, 0.1) is 17.9 Å². The number of carboxylic acid groups (broad SMARTS) is 1. The van der Waals surface area contributed by atoms with Crippen LogP contribution in [-0.4, -0.2) is 22.8 Å². The molecule has 0 spiro atoms. The first-order valence-corrected chi connectivity index (χ1v) is 6.00. The molecule has 0 radical (unpaired) electrons. The van der Waals surface area contributed by atoms with Crippen molar-refractivity contribution < 1.29 is 15.0 Å². The number of benzene rings is 2. The number of nitrogen functional groups attached to an aromatic ring is 1. The number of rotatable bonds is 3. The molecule has 0 amide bonds. The summed E-state index contributed by atoms with van der Waals surface area (Å²) in [6.45, 7) is 3.31. The fourth-order valence-electron chi connectivity index (χ4n) is 1.62. The monoisotopic (exact) mass is 271 g/mol. The largest absolute Gasteiger partial charge is 0.478 e. The minimum atomic E-state index is -1.00. The van der Waals surface area contributed by atoms with E-state index in [9.17, 15) is 4.79 Å². The van der Waals surface area contributed by atoms with Crippen molar-refractivity contribution in [3.63, 3.8) is 0 Å².